The maximum absolute atomic E-state index is 13.8. The third-order valence-corrected chi connectivity index (χ3v) is 4.03. The predicted molar refractivity (Wildman–Crippen MR) is 93.3 cm³/mol. The number of carbonyl (C=O) groups is 3. The first-order chi connectivity index (χ1) is 13.0. The van der Waals surface area contributed by atoms with Crippen LogP contribution in [0.3, 0.4) is 0 Å². The molecule has 7 nitrogen and oxygen atoms in total. The lowest BCUT2D eigenvalue weighted by atomic mass is 10.1. The van der Waals surface area contributed by atoms with Crippen molar-refractivity contribution in [2.75, 3.05) is 26.8 Å². The van der Waals surface area contributed by atoms with Crippen molar-refractivity contribution in [3.05, 3.63) is 59.4 Å². The second kappa shape index (κ2) is 7.86. The van der Waals surface area contributed by atoms with Gasteiger partial charge in [-0.25, -0.2) is 4.39 Å². The molecule has 2 aromatic carbocycles. The monoisotopic (exact) mass is 372 g/mol. The number of amides is 3. The number of para-hydroxylation sites is 2. The summed E-state index contributed by atoms with van der Waals surface area (Å²) in [6.45, 7) is -0.287. The van der Waals surface area contributed by atoms with E-state index in [2.05, 4.69) is 5.32 Å². The molecule has 140 valence electrons. The van der Waals surface area contributed by atoms with E-state index in [1.54, 1.807) is 24.3 Å². The summed E-state index contributed by atoms with van der Waals surface area (Å²) >= 11 is 0. The molecular formula is C19H17FN2O5. The van der Waals surface area contributed by atoms with Crippen LogP contribution in [0.4, 0.5) is 4.39 Å². The molecule has 1 N–H and O–H groups in total. The molecule has 0 fully saturated rings. The maximum atomic E-state index is 13.8. The highest BCUT2D eigenvalue weighted by atomic mass is 19.1. The second-order valence-corrected chi connectivity index (χ2v) is 5.71. The highest BCUT2D eigenvalue weighted by Crippen LogP contribution is 2.26. The van der Waals surface area contributed by atoms with Crippen LogP contribution >= 0.6 is 0 Å². The van der Waals surface area contributed by atoms with E-state index in [4.69, 9.17) is 9.47 Å². The second-order valence-electron chi connectivity index (χ2n) is 5.71. The smallest absolute Gasteiger partial charge is 0.264 e. The molecule has 0 saturated carbocycles. The Balaban J connectivity index is 1.50. The summed E-state index contributed by atoms with van der Waals surface area (Å²) in [7, 11) is 1.49. The molecule has 0 unspecified atom stereocenters. The summed E-state index contributed by atoms with van der Waals surface area (Å²) in [5.41, 5.74) is -0.195. The van der Waals surface area contributed by atoms with Crippen LogP contribution in [-0.4, -0.2) is 49.4 Å². The molecule has 2 aromatic rings. The van der Waals surface area contributed by atoms with Gasteiger partial charge in [-0.15, -0.1) is 0 Å². The molecule has 0 radical (unpaired) electrons. The predicted octanol–water partition coefficient (Wildman–Crippen LogP) is 1.63. The van der Waals surface area contributed by atoms with Gasteiger partial charge in [0.2, 0.25) is 0 Å². The number of methoxy groups -OCH3 is 1. The summed E-state index contributed by atoms with van der Waals surface area (Å²) in [5.74, 6) is -1.52. The van der Waals surface area contributed by atoms with E-state index in [0.717, 1.165) is 11.0 Å². The van der Waals surface area contributed by atoms with Crippen molar-refractivity contribution >= 4 is 17.7 Å². The molecule has 3 amide bonds. The van der Waals surface area contributed by atoms with Crippen molar-refractivity contribution in [3.63, 3.8) is 0 Å². The zero-order valence-corrected chi connectivity index (χ0v) is 14.5. The van der Waals surface area contributed by atoms with E-state index in [-0.39, 0.29) is 30.8 Å². The average molecular weight is 372 g/mol. The molecule has 1 heterocycles. The lowest BCUT2D eigenvalue weighted by molar-refractivity contribution is -0.123. The summed E-state index contributed by atoms with van der Waals surface area (Å²) in [6, 6.07) is 10.8. The Labute approximate surface area is 154 Å². The molecule has 0 saturated heterocycles. The summed E-state index contributed by atoms with van der Waals surface area (Å²) in [5, 5.41) is 2.56. The van der Waals surface area contributed by atoms with Gasteiger partial charge in [0.15, 0.2) is 18.1 Å². The Morgan fingerprint density at radius 1 is 1.07 bits per heavy atom. The Bertz CT molecular complexity index is 899. The number of ether oxygens (including phenoxy) is 2. The highest BCUT2D eigenvalue weighted by Gasteiger charge is 2.37. The van der Waals surface area contributed by atoms with Gasteiger partial charge in [-0.1, -0.05) is 18.2 Å². The average Bonchev–Trinajstić information content (AvgIpc) is 2.92. The third kappa shape index (κ3) is 3.74. The van der Waals surface area contributed by atoms with Crippen molar-refractivity contribution < 1.29 is 28.2 Å². The number of nitrogens with zero attached hydrogens (tertiary/aromatic N) is 1. The SMILES string of the molecule is COc1ccccc1OCC(=O)NCCN1C(=O)c2cccc(F)c2C1=O. The lowest BCUT2D eigenvalue weighted by Gasteiger charge is -2.14. The van der Waals surface area contributed by atoms with E-state index >= 15 is 0 Å². The number of benzene rings is 2. The van der Waals surface area contributed by atoms with Crippen LogP contribution in [0.15, 0.2) is 42.5 Å². The van der Waals surface area contributed by atoms with Crippen molar-refractivity contribution in [1.82, 2.24) is 10.2 Å². The fourth-order valence-corrected chi connectivity index (χ4v) is 2.73. The Morgan fingerprint density at radius 3 is 2.52 bits per heavy atom. The van der Waals surface area contributed by atoms with Gasteiger partial charge in [0.25, 0.3) is 17.7 Å². The van der Waals surface area contributed by atoms with Crippen molar-refractivity contribution in [2.24, 2.45) is 0 Å². The van der Waals surface area contributed by atoms with Crippen LogP contribution < -0.4 is 14.8 Å². The summed E-state index contributed by atoms with van der Waals surface area (Å²) < 4.78 is 24.3. The van der Waals surface area contributed by atoms with Crippen LogP contribution in [0.25, 0.3) is 0 Å². The zero-order valence-electron chi connectivity index (χ0n) is 14.5. The number of halogens is 1. The maximum Gasteiger partial charge on any atom is 0.264 e. The fourth-order valence-electron chi connectivity index (χ4n) is 2.73. The minimum Gasteiger partial charge on any atom is -0.493 e. The molecule has 0 aliphatic carbocycles. The number of hydrogen-bond donors (Lipinski definition) is 1. The Hall–Kier alpha value is -3.42. The van der Waals surface area contributed by atoms with Crippen LogP contribution in [-0.2, 0) is 4.79 Å². The van der Waals surface area contributed by atoms with Gasteiger partial charge in [0, 0.05) is 13.1 Å². The van der Waals surface area contributed by atoms with E-state index in [9.17, 15) is 18.8 Å². The van der Waals surface area contributed by atoms with Gasteiger partial charge < -0.3 is 14.8 Å². The number of rotatable bonds is 7. The molecule has 8 heteroatoms. The molecule has 0 atom stereocenters. The lowest BCUT2D eigenvalue weighted by Crippen LogP contribution is -2.39. The largest absolute Gasteiger partial charge is 0.493 e. The minimum absolute atomic E-state index is 0.0290. The molecule has 1 aliphatic rings. The van der Waals surface area contributed by atoms with Gasteiger partial charge in [-0.3, -0.25) is 19.3 Å². The van der Waals surface area contributed by atoms with Crippen molar-refractivity contribution in [1.29, 1.82) is 0 Å². The van der Waals surface area contributed by atoms with Gasteiger partial charge in [-0.05, 0) is 24.3 Å². The fraction of sp³-hybridized carbons (Fsp3) is 0.211. The molecular weight excluding hydrogens is 355 g/mol. The molecule has 27 heavy (non-hydrogen) atoms. The van der Waals surface area contributed by atoms with Crippen LogP contribution in [0.1, 0.15) is 20.7 Å². The molecule has 1 aliphatic heterocycles. The topological polar surface area (TPSA) is 84.9 Å². The van der Waals surface area contributed by atoms with Gasteiger partial charge >= 0.3 is 0 Å². The minimum atomic E-state index is -0.734. The van der Waals surface area contributed by atoms with Crippen molar-refractivity contribution in [2.45, 2.75) is 0 Å². The van der Waals surface area contributed by atoms with E-state index in [1.165, 1.54) is 19.2 Å². The molecule has 0 bridgehead atoms. The van der Waals surface area contributed by atoms with Crippen LogP contribution in [0, 0.1) is 5.82 Å². The van der Waals surface area contributed by atoms with E-state index in [0.29, 0.717) is 11.5 Å². The zero-order chi connectivity index (χ0) is 19.4. The van der Waals surface area contributed by atoms with E-state index in [1.807, 2.05) is 0 Å². The summed E-state index contributed by atoms with van der Waals surface area (Å²) in [6.07, 6.45) is 0. The van der Waals surface area contributed by atoms with Gasteiger partial charge in [0.05, 0.1) is 18.2 Å². The van der Waals surface area contributed by atoms with Crippen LogP contribution in [0.2, 0.25) is 0 Å². The molecule has 0 spiro atoms. The number of hydrogen-bond acceptors (Lipinski definition) is 5. The van der Waals surface area contributed by atoms with E-state index < -0.39 is 23.5 Å². The standard InChI is InChI=1S/C19H17FN2O5/c1-26-14-7-2-3-8-15(14)27-11-16(23)21-9-10-22-18(24)12-5-4-6-13(20)17(12)19(22)25/h2-8H,9-11H2,1H3,(H,21,23). The van der Waals surface area contributed by atoms with Crippen LogP contribution in [0.5, 0.6) is 11.5 Å². The Morgan fingerprint density at radius 2 is 1.81 bits per heavy atom. The normalized spacial score (nSPS) is 12.7. The third-order valence-electron chi connectivity index (χ3n) is 4.03. The number of nitrogens with one attached hydrogen (secondary N) is 1. The quantitative estimate of drug-likeness (QED) is 0.747. The number of imide groups is 1. The first-order valence-corrected chi connectivity index (χ1v) is 8.20. The number of carbonyl (C=O) groups excluding carboxylic acids is 3. The number of fused-ring (bicyclic) bond motifs is 1. The van der Waals surface area contributed by atoms with Gasteiger partial charge in [0.1, 0.15) is 5.82 Å². The van der Waals surface area contributed by atoms with Crippen molar-refractivity contribution in [3.8, 4) is 11.5 Å². The first-order valence-electron chi connectivity index (χ1n) is 8.20. The van der Waals surface area contributed by atoms with Gasteiger partial charge in [-0.2, -0.15) is 0 Å². The summed E-state index contributed by atoms with van der Waals surface area (Å²) in [4.78, 5) is 37.2. The Kier molecular flexibility index (Phi) is 5.35. The molecule has 0 aromatic heterocycles. The highest BCUT2D eigenvalue weighted by molar-refractivity contribution is 6.21. The first kappa shape index (κ1) is 18.4. The molecule has 3 rings (SSSR count).